The lowest BCUT2D eigenvalue weighted by Crippen LogP contribution is -2.46. The average Bonchev–Trinajstić information content (AvgIpc) is 3.00. The van der Waals surface area contributed by atoms with E-state index in [0.29, 0.717) is 30.3 Å². The zero-order chi connectivity index (χ0) is 23.3. The van der Waals surface area contributed by atoms with E-state index in [1.165, 1.54) is 13.2 Å². The summed E-state index contributed by atoms with van der Waals surface area (Å²) in [5, 5.41) is 0. The van der Waals surface area contributed by atoms with Gasteiger partial charge in [-0.2, -0.15) is 0 Å². The third-order valence-corrected chi connectivity index (χ3v) is 6.73. The highest BCUT2D eigenvalue weighted by Crippen LogP contribution is 2.39. The van der Waals surface area contributed by atoms with Gasteiger partial charge in [0.1, 0.15) is 11.4 Å². The van der Waals surface area contributed by atoms with E-state index in [1.54, 1.807) is 4.90 Å². The standard InChI is InChI=1S/C21H31N3O6S/c1-12(2)17-18-22-14-10-13(19(25)29-6)16(31(7,27)28)11-15(14)23(18)8-9-24(17)20(26)30-21(3,4)5/h11-13,17H,8-10H2,1-7H3/t13?,17-/m1/s1. The first-order valence-corrected chi connectivity index (χ1v) is 12.2. The molecule has 0 spiro atoms. The largest absolute Gasteiger partial charge is 0.469 e. The number of sulfone groups is 1. The number of nitrogens with zero attached hydrogens (tertiary/aromatic N) is 3. The van der Waals surface area contributed by atoms with E-state index in [-0.39, 0.29) is 23.3 Å². The Bertz CT molecular complexity index is 1030. The zero-order valence-electron chi connectivity index (χ0n) is 19.1. The Morgan fingerprint density at radius 2 is 1.87 bits per heavy atom. The van der Waals surface area contributed by atoms with Crippen LogP contribution in [0.15, 0.2) is 4.91 Å². The number of imidazole rings is 1. The third kappa shape index (κ3) is 4.49. The van der Waals surface area contributed by atoms with Crippen LogP contribution in [0.3, 0.4) is 0 Å². The molecule has 1 aromatic heterocycles. The molecule has 0 aromatic carbocycles. The van der Waals surface area contributed by atoms with Gasteiger partial charge in [-0.05, 0) is 32.8 Å². The van der Waals surface area contributed by atoms with Crippen molar-refractivity contribution < 1.29 is 27.5 Å². The molecule has 1 aliphatic heterocycles. The van der Waals surface area contributed by atoms with E-state index in [1.807, 2.05) is 39.2 Å². The van der Waals surface area contributed by atoms with Crippen LogP contribution in [0.5, 0.6) is 0 Å². The van der Waals surface area contributed by atoms with Crippen LogP contribution in [0.1, 0.15) is 57.9 Å². The van der Waals surface area contributed by atoms with Crippen molar-refractivity contribution >= 4 is 28.0 Å². The van der Waals surface area contributed by atoms with E-state index in [9.17, 15) is 18.0 Å². The molecule has 0 saturated carbocycles. The van der Waals surface area contributed by atoms with Gasteiger partial charge >= 0.3 is 12.1 Å². The maximum absolute atomic E-state index is 12.9. The van der Waals surface area contributed by atoms with Gasteiger partial charge in [0.15, 0.2) is 9.84 Å². The fourth-order valence-electron chi connectivity index (χ4n) is 4.21. The molecular formula is C21H31N3O6S. The van der Waals surface area contributed by atoms with Gasteiger partial charge in [-0.1, -0.05) is 13.8 Å². The number of ether oxygens (including phenoxy) is 2. The van der Waals surface area contributed by atoms with Crippen LogP contribution in [0.2, 0.25) is 0 Å². The van der Waals surface area contributed by atoms with Gasteiger partial charge < -0.3 is 14.0 Å². The van der Waals surface area contributed by atoms with E-state index >= 15 is 0 Å². The molecule has 0 fully saturated rings. The molecule has 0 radical (unpaired) electrons. The minimum absolute atomic E-state index is 0.0326. The molecule has 31 heavy (non-hydrogen) atoms. The molecule has 10 heteroatoms. The third-order valence-electron chi connectivity index (χ3n) is 5.47. The monoisotopic (exact) mass is 453 g/mol. The number of hydrogen-bond donors (Lipinski definition) is 0. The van der Waals surface area contributed by atoms with Gasteiger partial charge in [0.05, 0.1) is 35.4 Å². The van der Waals surface area contributed by atoms with Crippen LogP contribution in [-0.4, -0.2) is 60.4 Å². The first-order chi connectivity index (χ1) is 14.2. The average molecular weight is 454 g/mol. The minimum Gasteiger partial charge on any atom is -0.469 e. The lowest BCUT2D eigenvalue weighted by atomic mass is 9.96. The molecule has 0 bridgehead atoms. The van der Waals surface area contributed by atoms with Crippen LogP contribution in [0.25, 0.3) is 6.08 Å². The van der Waals surface area contributed by atoms with Gasteiger partial charge in [-0.15, -0.1) is 0 Å². The number of esters is 1. The number of hydrogen-bond acceptors (Lipinski definition) is 7. The molecule has 2 aliphatic rings. The Kier molecular flexibility index (Phi) is 5.98. The molecule has 0 saturated heterocycles. The maximum Gasteiger partial charge on any atom is 0.410 e. The summed E-state index contributed by atoms with van der Waals surface area (Å²) < 4.78 is 37.2. The van der Waals surface area contributed by atoms with Gasteiger partial charge in [0.25, 0.3) is 0 Å². The zero-order valence-corrected chi connectivity index (χ0v) is 19.9. The number of fused-ring (bicyclic) bond motifs is 3. The molecule has 172 valence electrons. The molecule has 2 atom stereocenters. The summed E-state index contributed by atoms with van der Waals surface area (Å²) in [6.45, 7) is 10.3. The van der Waals surface area contributed by atoms with Crippen LogP contribution in [-0.2, 0) is 37.1 Å². The number of carbonyl (C=O) groups is 2. The summed E-state index contributed by atoms with van der Waals surface area (Å²) in [6.07, 6.45) is 2.36. The first kappa shape index (κ1) is 23.3. The Labute approximate surface area is 183 Å². The Hall–Kier alpha value is -2.36. The predicted octanol–water partition coefficient (Wildman–Crippen LogP) is 2.56. The molecule has 1 aliphatic carbocycles. The molecule has 1 aromatic rings. The lowest BCUT2D eigenvalue weighted by molar-refractivity contribution is -0.143. The second-order valence-electron chi connectivity index (χ2n) is 9.41. The quantitative estimate of drug-likeness (QED) is 0.647. The van der Waals surface area contributed by atoms with Crippen LogP contribution in [0, 0.1) is 11.8 Å². The Morgan fingerprint density at radius 3 is 2.39 bits per heavy atom. The minimum atomic E-state index is -3.62. The Morgan fingerprint density at radius 1 is 1.23 bits per heavy atom. The fourth-order valence-corrected chi connectivity index (χ4v) is 5.24. The highest BCUT2D eigenvalue weighted by Gasteiger charge is 2.42. The molecular weight excluding hydrogens is 422 g/mol. The van der Waals surface area contributed by atoms with Crippen molar-refractivity contribution in [3.05, 3.63) is 22.1 Å². The van der Waals surface area contributed by atoms with Crippen molar-refractivity contribution in [2.75, 3.05) is 19.9 Å². The fraction of sp³-hybridized carbons (Fsp3) is 0.667. The molecule has 1 amide bonds. The van der Waals surface area contributed by atoms with Crippen LogP contribution in [0.4, 0.5) is 4.79 Å². The van der Waals surface area contributed by atoms with Crippen molar-refractivity contribution in [2.24, 2.45) is 11.8 Å². The number of amides is 1. The van der Waals surface area contributed by atoms with Crippen LogP contribution < -0.4 is 0 Å². The molecule has 9 nitrogen and oxygen atoms in total. The second kappa shape index (κ2) is 7.96. The van der Waals surface area contributed by atoms with Crippen molar-refractivity contribution in [3.63, 3.8) is 0 Å². The van der Waals surface area contributed by atoms with Crippen LogP contribution >= 0.6 is 0 Å². The van der Waals surface area contributed by atoms with Gasteiger partial charge in [0, 0.05) is 25.8 Å². The summed E-state index contributed by atoms with van der Waals surface area (Å²) in [5.74, 6) is -0.815. The van der Waals surface area contributed by atoms with Crippen molar-refractivity contribution in [3.8, 4) is 0 Å². The highest BCUT2D eigenvalue weighted by atomic mass is 32.2. The highest BCUT2D eigenvalue weighted by molar-refractivity contribution is 7.94. The van der Waals surface area contributed by atoms with Gasteiger partial charge in [0.2, 0.25) is 0 Å². The molecule has 0 N–H and O–H groups in total. The molecule has 2 heterocycles. The van der Waals surface area contributed by atoms with Crippen molar-refractivity contribution in [1.29, 1.82) is 0 Å². The summed E-state index contributed by atoms with van der Waals surface area (Å²) >= 11 is 0. The maximum atomic E-state index is 12.9. The predicted molar refractivity (Wildman–Crippen MR) is 115 cm³/mol. The summed E-state index contributed by atoms with van der Waals surface area (Å²) in [4.78, 5) is 31.6. The summed E-state index contributed by atoms with van der Waals surface area (Å²) in [6, 6.07) is -0.333. The van der Waals surface area contributed by atoms with Crippen molar-refractivity contribution in [2.45, 2.75) is 59.2 Å². The van der Waals surface area contributed by atoms with E-state index in [0.717, 1.165) is 6.26 Å². The normalized spacial score (nSPS) is 21.3. The second-order valence-corrected chi connectivity index (χ2v) is 11.4. The number of aromatic nitrogens is 2. The number of carbonyl (C=O) groups excluding carboxylic acids is 2. The topological polar surface area (TPSA) is 108 Å². The Balaban J connectivity index is 2.08. The summed E-state index contributed by atoms with van der Waals surface area (Å²) in [5.41, 5.74) is 0.686. The SMILES string of the molecule is COC(=O)C1Cc2nc3n(c2C=C1S(C)(=O)=O)CCN(C(=O)OC(C)(C)C)[C@@H]3C(C)C. The van der Waals surface area contributed by atoms with E-state index in [2.05, 4.69) is 0 Å². The first-order valence-electron chi connectivity index (χ1n) is 10.3. The van der Waals surface area contributed by atoms with Gasteiger partial charge in [-0.3, -0.25) is 9.69 Å². The summed E-state index contributed by atoms with van der Waals surface area (Å²) in [7, 11) is -2.38. The smallest absolute Gasteiger partial charge is 0.410 e. The molecule has 1 unspecified atom stereocenters. The van der Waals surface area contributed by atoms with Gasteiger partial charge in [-0.25, -0.2) is 18.2 Å². The number of methoxy groups -OCH3 is 1. The van der Waals surface area contributed by atoms with E-state index in [4.69, 9.17) is 14.5 Å². The molecule has 3 rings (SSSR count). The lowest BCUT2D eigenvalue weighted by Gasteiger charge is -2.39. The number of rotatable bonds is 3. The van der Waals surface area contributed by atoms with E-state index < -0.39 is 33.4 Å². The van der Waals surface area contributed by atoms with Crippen molar-refractivity contribution in [1.82, 2.24) is 14.5 Å².